The van der Waals surface area contributed by atoms with E-state index in [-0.39, 0.29) is 85.7 Å². The maximum atomic E-state index is 14.2. The van der Waals surface area contributed by atoms with Crippen LogP contribution in [0.3, 0.4) is 0 Å². The summed E-state index contributed by atoms with van der Waals surface area (Å²) in [7, 11) is -14.5. The van der Waals surface area contributed by atoms with Crippen molar-refractivity contribution in [3.63, 3.8) is 0 Å². The Balaban J connectivity index is 0.000000210. The molecule has 0 bridgehead atoms. The van der Waals surface area contributed by atoms with Crippen molar-refractivity contribution in [1.29, 1.82) is 0 Å². The van der Waals surface area contributed by atoms with Crippen molar-refractivity contribution < 1.29 is 115 Å². The molecule has 2 saturated carbocycles. The Morgan fingerprint density at radius 3 is 0.836 bits per heavy atom. The quantitative estimate of drug-likeness (QED) is 0.00894. The maximum absolute atomic E-state index is 14.2. The van der Waals surface area contributed by atoms with Crippen LogP contribution in [0.4, 0.5) is 0 Å². The molecule has 4 saturated heterocycles. The second-order valence-corrected chi connectivity index (χ2v) is 49.8. The van der Waals surface area contributed by atoms with Crippen LogP contribution >= 0.6 is 29.5 Å². The number of unbranched alkanes of at least 4 members (excludes halogenated alkanes) is 4. The molecule has 32 heteroatoms. The average molecular weight is 2010 g/mol. The van der Waals surface area contributed by atoms with Crippen LogP contribution in [0.2, 0.25) is 0 Å². The molecule has 28 nitrogen and oxygen atoms in total. The largest absolute Gasteiger partial charge is 0.480 e. The number of hydrogen-bond donors (Lipinski definition) is 6. The highest BCUT2D eigenvalue weighted by atomic mass is 31.2. The zero-order chi connectivity index (χ0) is 101. The number of carbonyl (C=O) groups is 10. The number of esters is 2. The molecule has 6 fully saturated rings. The highest BCUT2D eigenvalue weighted by Crippen LogP contribution is 2.54. The van der Waals surface area contributed by atoms with Crippen LogP contribution in [0.25, 0.3) is 0 Å². The van der Waals surface area contributed by atoms with Crippen molar-refractivity contribution in [2.24, 2.45) is 47.3 Å². The topological polar surface area (TPSA) is 410 Å². The van der Waals surface area contributed by atoms with Gasteiger partial charge in [-0.1, -0.05) is 288 Å². The molecule has 12 rings (SSSR count). The third kappa shape index (κ3) is 38.8. The van der Waals surface area contributed by atoms with Crippen LogP contribution in [0.1, 0.15) is 229 Å². The highest BCUT2D eigenvalue weighted by Gasteiger charge is 2.49. The van der Waals surface area contributed by atoms with Crippen LogP contribution in [-0.2, 0) is 123 Å². The number of nitrogens with zero attached hydrogens (tertiary/aromatic N) is 4. The van der Waals surface area contributed by atoms with E-state index in [0.29, 0.717) is 95.7 Å². The fraction of sp³-hybridized carbons (Fsp3) is 0.574. The van der Waals surface area contributed by atoms with E-state index in [2.05, 4.69) is 0 Å². The third-order valence-electron chi connectivity index (χ3n) is 27.7. The molecule has 6 aromatic carbocycles. The number of amides is 4. The molecule has 0 spiro atoms. The lowest BCUT2D eigenvalue weighted by Gasteiger charge is -2.30. The summed E-state index contributed by atoms with van der Waals surface area (Å²) in [5.74, 6) is -6.34. The number of ether oxygens (including phenoxy) is 2. The molecule has 6 aliphatic rings. The van der Waals surface area contributed by atoms with Crippen molar-refractivity contribution in [2.45, 2.75) is 271 Å². The van der Waals surface area contributed by atoms with E-state index in [1.807, 2.05) is 196 Å². The Bertz CT molecular complexity index is 5070. The molecular weight excluding hydrogens is 1860 g/mol. The van der Waals surface area contributed by atoms with Gasteiger partial charge in [0.25, 0.3) is 0 Å². The highest BCUT2D eigenvalue weighted by molar-refractivity contribution is 7.60. The molecule has 4 heterocycles. The number of carbonyl (C=O) groups excluding carboxylic acids is 6. The van der Waals surface area contributed by atoms with Gasteiger partial charge in [0.1, 0.15) is 48.8 Å². The first-order valence-corrected chi connectivity index (χ1v) is 58.8. The Morgan fingerprint density at radius 2 is 0.571 bits per heavy atom. The first-order valence-electron chi connectivity index (χ1n) is 50.8. The molecular formula is C108H152N4O24P4. The lowest BCUT2D eigenvalue weighted by Crippen LogP contribution is -2.42. The van der Waals surface area contributed by atoms with Gasteiger partial charge in [0.2, 0.25) is 65.7 Å². The summed E-state index contributed by atoms with van der Waals surface area (Å²) in [6.45, 7) is 11.9. The summed E-state index contributed by atoms with van der Waals surface area (Å²) in [6, 6.07) is 55.7. The SMILES string of the molecule is CCC(=O)O[C@H](OP(=O)(CCCCc1ccccc1)CC(=O)N1C[C@H](C2CCCCC2)C[C@H]1C(=O)O)C(C)C.CCC(=O)O[C@H](OP(=O)(CCCCc1ccccc1)CC(=O)N1C[C@H](Cc2ccccc2)C[C@H]1C(=O)O)C(C)C.O=C(O)[C@@H]1C[C@@H](C2CCCCC2)CN1C(=O)CP(=O)(O)CCCCc1ccccc1.O=C(O)[C@@H]1C[C@@H](Cc2ccccc2)CN1C(=O)CP(=O)(O)CCCCc1ccccc1. The molecule has 768 valence electrons. The summed E-state index contributed by atoms with van der Waals surface area (Å²) in [5, 5.41) is 39.0. The van der Waals surface area contributed by atoms with Crippen molar-refractivity contribution in [2.75, 3.05) is 75.5 Å². The summed E-state index contributed by atoms with van der Waals surface area (Å²) < 4.78 is 76.5. The number of aliphatic carboxylic acids is 4. The summed E-state index contributed by atoms with van der Waals surface area (Å²) in [5.41, 5.74) is 6.88. The van der Waals surface area contributed by atoms with E-state index in [9.17, 15) is 96.4 Å². The van der Waals surface area contributed by atoms with Gasteiger partial charge in [-0.15, -0.1) is 0 Å². The van der Waals surface area contributed by atoms with E-state index in [1.54, 1.807) is 27.7 Å². The first-order chi connectivity index (χ1) is 66.9. The predicted molar refractivity (Wildman–Crippen MR) is 542 cm³/mol. The molecule has 0 radical (unpaired) electrons. The van der Waals surface area contributed by atoms with E-state index in [1.165, 1.54) is 62.0 Å². The van der Waals surface area contributed by atoms with E-state index in [4.69, 9.17) is 18.5 Å². The minimum absolute atomic E-state index is 0.0208. The van der Waals surface area contributed by atoms with Gasteiger partial charge in [-0.05, 0) is 184 Å². The fourth-order valence-electron chi connectivity index (χ4n) is 20.1. The van der Waals surface area contributed by atoms with Gasteiger partial charge in [0, 0.05) is 75.5 Å². The Morgan fingerprint density at radius 1 is 0.321 bits per heavy atom. The molecule has 6 N–H and O–H groups in total. The first kappa shape index (κ1) is 114. The number of likely N-dealkylation sites (tertiary alicyclic amines) is 4. The summed E-state index contributed by atoms with van der Waals surface area (Å²) in [4.78, 5) is 151. The monoisotopic (exact) mass is 2010 g/mol. The van der Waals surface area contributed by atoms with Crippen molar-refractivity contribution in [1.82, 2.24) is 19.6 Å². The van der Waals surface area contributed by atoms with Gasteiger partial charge in [-0.3, -0.25) is 56.1 Å². The number of aryl methyl sites for hydroxylation is 4. The van der Waals surface area contributed by atoms with Crippen LogP contribution in [0, 0.1) is 47.3 Å². The van der Waals surface area contributed by atoms with Crippen molar-refractivity contribution in [3.05, 3.63) is 215 Å². The van der Waals surface area contributed by atoms with E-state index in [0.717, 1.165) is 107 Å². The number of carboxylic acids is 4. The van der Waals surface area contributed by atoms with E-state index < -0.39 is 144 Å². The van der Waals surface area contributed by atoms with Gasteiger partial charge in [0.15, 0.2) is 0 Å². The summed E-state index contributed by atoms with van der Waals surface area (Å²) >= 11 is 0. The number of benzene rings is 6. The molecule has 6 aromatic rings. The molecule has 140 heavy (non-hydrogen) atoms. The predicted octanol–water partition coefficient (Wildman–Crippen LogP) is 19.9. The van der Waals surface area contributed by atoms with Gasteiger partial charge in [-0.25, -0.2) is 19.2 Å². The zero-order valence-electron chi connectivity index (χ0n) is 82.7. The van der Waals surface area contributed by atoms with Crippen LogP contribution in [0.15, 0.2) is 182 Å². The normalized spacial score (nSPS) is 21.5. The Hall–Kier alpha value is -9.22. The number of hydrogen-bond acceptors (Lipinski definition) is 18. The minimum Gasteiger partial charge on any atom is -0.480 e. The molecule has 4 amide bonds. The van der Waals surface area contributed by atoms with Crippen LogP contribution in [-0.4, -0.2) is 221 Å². The van der Waals surface area contributed by atoms with Crippen molar-refractivity contribution in [3.8, 4) is 0 Å². The maximum Gasteiger partial charge on any atom is 0.326 e. The fourth-order valence-corrected chi connectivity index (χ4v) is 27.6. The molecule has 0 aromatic heterocycles. The minimum atomic E-state index is -3.65. The Labute approximate surface area is 827 Å². The zero-order valence-corrected chi connectivity index (χ0v) is 86.3. The summed E-state index contributed by atoms with van der Waals surface area (Å²) in [6.07, 6.45) is 19.9. The second kappa shape index (κ2) is 57.9. The molecule has 4 unspecified atom stereocenters. The number of carboxylic acid groups (broad SMARTS) is 4. The number of rotatable bonds is 48. The van der Waals surface area contributed by atoms with E-state index >= 15 is 0 Å². The molecule has 14 atom stereocenters. The van der Waals surface area contributed by atoms with Gasteiger partial charge >= 0.3 is 35.8 Å². The molecule has 2 aliphatic carbocycles. The van der Waals surface area contributed by atoms with Gasteiger partial charge < -0.3 is 59.3 Å². The van der Waals surface area contributed by atoms with Gasteiger partial charge in [-0.2, -0.15) is 0 Å². The lowest BCUT2D eigenvalue weighted by molar-refractivity contribution is -0.170. The van der Waals surface area contributed by atoms with Crippen molar-refractivity contribution >= 4 is 88.9 Å². The standard InChI is InChI=1S/C31H42NO7P.C30H46NO7P.C24H30NO5P.C23H34NO5P/c1-4-29(34)38-31(23(2)3)39-40(37,18-12-11-15-24-13-7-5-8-14-24)22-28(33)32-21-26(20-27(32)30(35)36)19-25-16-9-6-10-17-25;1-4-28(33)37-30(22(2)3)38-39(36,18-12-11-15-23-13-7-5-8-14-23)21-27(32)31-20-25(19-26(31)29(34)35)24-16-9-6-10-17-24;26-23(18-31(29,30)14-8-7-11-19-9-3-1-4-10-19)25-17-21(16-22(25)24(27)28)15-20-12-5-2-6-13-20;25-22(17-30(28,29)14-8-7-11-18-9-3-1-4-10-18)24-16-20(15-21(24)23(26)27)19-12-5-2-6-13-19/h5-10,13-14,16-17,23,26-27,31H,4,11-12,15,18-22H2,1-3H3,(H,35,36);5,7-8,13-14,22,24-26,30H,4,6,9-12,15-21H2,1-3H3,(H,34,35);1-6,9-10,12-13,21-22H,7-8,11,14-18H2,(H,27,28)(H,29,30);1,3-4,9-10,19-21H,2,5-8,11-17H2,(H,26,27)(H,28,29)/t26-,27+,31-,40?;25-,26+,30-,39?;21-,22+;20-,21+/m1111/s1. The lowest BCUT2D eigenvalue weighted by atomic mass is 9.79. The Kier molecular flexibility index (Phi) is 47.3. The van der Waals surface area contributed by atoms with Crippen LogP contribution in [0.5, 0.6) is 0 Å². The smallest absolute Gasteiger partial charge is 0.326 e. The second-order valence-electron chi connectivity index (χ2n) is 39.7. The van der Waals surface area contributed by atoms with Crippen LogP contribution < -0.4 is 0 Å². The van der Waals surface area contributed by atoms with Gasteiger partial charge in [0.05, 0.1) is 0 Å². The third-order valence-corrected chi connectivity index (χ3v) is 36.0. The average Bonchev–Trinajstić information content (AvgIpc) is 1.67. The molecule has 4 aliphatic heterocycles.